The monoisotopic (exact) mass is 453 g/mol. The van der Waals surface area contributed by atoms with Crippen LogP contribution < -0.4 is 10.2 Å². The predicted octanol–water partition coefficient (Wildman–Crippen LogP) is 4.46. The fourth-order valence-electron chi connectivity index (χ4n) is 4.01. The Kier molecular flexibility index (Phi) is 6.60. The Hall–Kier alpha value is -2.55. The topological polar surface area (TPSA) is 57.8 Å². The highest BCUT2D eigenvalue weighted by molar-refractivity contribution is 5.97. The van der Waals surface area contributed by atoms with Crippen LogP contribution in [0.2, 0.25) is 0 Å². The van der Waals surface area contributed by atoms with Gasteiger partial charge in [-0.15, -0.1) is 0 Å². The van der Waals surface area contributed by atoms with Gasteiger partial charge in [0.05, 0.1) is 37.0 Å². The van der Waals surface area contributed by atoms with Crippen molar-refractivity contribution in [1.82, 2.24) is 9.36 Å². The molecular weight excluding hydrogens is 423 g/mol. The first kappa shape index (κ1) is 24.1. The van der Waals surface area contributed by atoms with Gasteiger partial charge < -0.3 is 9.47 Å². The Bertz CT molecular complexity index is 1060. The second-order valence-corrected chi connectivity index (χ2v) is 9.22. The van der Waals surface area contributed by atoms with Crippen LogP contribution in [0.25, 0.3) is 0 Å². The molecule has 1 fully saturated rings. The minimum Gasteiger partial charge on any atom is -0.496 e. The molecule has 2 heterocycles. The summed E-state index contributed by atoms with van der Waals surface area (Å²) in [5, 5.41) is 0. The van der Waals surface area contributed by atoms with E-state index in [4.69, 9.17) is 9.47 Å². The number of nitrogens with zero attached hydrogens (tertiary/aromatic N) is 3. The molecule has 1 aliphatic rings. The molecule has 0 bridgehead atoms. The third kappa shape index (κ3) is 5.09. The van der Waals surface area contributed by atoms with Gasteiger partial charge in [-0.25, -0.2) is 0 Å². The van der Waals surface area contributed by atoms with Crippen LogP contribution in [0, 0.1) is 0 Å². The third-order valence-corrected chi connectivity index (χ3v) is 5.68. The smallest absolute Gasteiger partial charge is 0.416 e. The molecular formula is C23H30F3N3O3. The van der Waals surface area contributed by atoms with Crippen molar-refractivity contribution in [3.05, 3.63) is 46.6 Å². The number of carbonyl (C=O) groups excluding carboxylic acids is 1. The highest BCUT2D eigenvalue weighted by atomic mass is 19.4. The molecule has 176 valence electrons. The highest BCUT2D eigenvalue weighted by Gasteiger charge is 2.32. The minimum atomic E-state index is -4.58. The fraction of sp³-hybridized carbons (Fsp3) is 0.565. The van der Waals surface area contributed by atoms with Gasteiger partial charge in [0.1, 0.15) is 5.75 Å². The number of rotatable bonds is 4. The van der Waals surface area contributed by atoms with Crippen LogP contribution >= 0.6 is 0 Å². The summed E-state index contributed by atoms with van der Waals surface area (Å²) in [4.78, 5) is 17.2. The van der Waals surface area contributed by atoms with E-state index in [1.165, 1.54) is 7.11 Å². The molecule has 2 atom stereocenters. The van der Waals surface area contributed by atoms with Gasteiger partial charge in [0.25, 0.3) is 5.91 Å². The highest BCUT2D eigenvalue weighted by Crippen LogP contribution is 2.33. The third-order valence-electron chi connectivity index (χ3n) is 5.68. The van der Waals surface area contributed by atoms with Crippen molar-refractivity contribution in [3.63, 3.8) is 0 Å². The van der Waals surface area contributed by atoms with E-state index in [-0.39, 0.29) is 28.9 Å². The number of aromatic nitrogens is 2. The molecule has 6 nitrogen and oxygen atoms in total. The second kappa shape index (κ2) is 8.77. The van der Waals surface area contributed by atoms with Gasteiger partial charge in [0.15, 0.2) is 5.49 Å². The van der Waals surface area contributed by atoms with Crippen LogP contribution in [-0.2, 0) is 29.9 Å². The normalized spacial score (nSPS) is 20.1. The van der Waals surface area contributed by atoms with E-state index in [2.05, 4.69) is 4.99 Å². The Balaban J connectivity index is 2.10. The molecule has 2 aromatic rings. The number of halogens is 3. The number of hydrogen-bond donors (Lipinski definition) is 0. The van der Waals surface area contributed by atoms with E-state index in [1.54, 1.807) is 6.07 Å². The summed E-state index contributed by atoms with van der Waals surface area (Å²) in [6, 6.07) is 4.61. The predicted molar refractivity (Wildman–Crippen MR) is 114 cm³/mol. The zero-order valence-electron chi connectivity index (χ0n) is 19.3. The molecule has 9 heteroatoms. The summed E-state index contributed by atoms with van der Waals surface area (Å²) in [5.41, 5.74) is -0.0937. The summed E-state index contributed by atoms with van der Waals surface area (Å²) < 4.78 is 54.4. The van der Waals surface area contributed by atoms with E-state index in [0.717, 1.165) is 36.7 Å². The van der Waals surface area contributed by atoms with Crippen molar-refractivity contribution in [2.45, 2.75) is 70.9 Å². The summed E-state index contributed by atoms with van der Waals surface area (Å²) in [7, 11) is 3.19. The van der Waals surface area contributed by atoms with E-state index in [9.17, 15) is 18.0 Å². The van der Waals surface area contributed by atoms with Gasteiger partial charge >= 0.3 is 6.18 Å². The van der Waals surface area contributed by atoms with Crippen LogP contribution in [0.1, 0.15) is 62.2 Å². The van der Waals surface area contributed by atoms with E-state index >= 15 is 0 Å². The molecule has 1 unspecified atom stereocenters. The zero-order chi connectivity index (χ0) is 23.8. The molecule has 0 aliphatic carbocycles. The first-order valence-electron chi connectivity index (χ1n) is 10.6. The SMILES string of the molecule is COc1ccc(C(F)(F)F)cc1C(=O)N=c1cc(C(C)(C)C)n(C)n1CC1CC[C@@H](C)O1. The maximum Gasteiger partial charge on any atom is 0.416 e. The van der Waals surface area contributed by atoms with Gasteiger partial charge in [0.2, 0.25) is 0 Å². The van der Waals surface area contributed by atoms with Crippen molar-refractivity contribution in [1.29, 1.82) is 0 Å². The van der Waals surface area contributed by atoms with Crippen molar-refractivity contribution in [2.75, 3.05) is 7.11 Å². The number of carbonyl (C=O) groups is 1. The van der Waals surface area contributed by atoms with Crippen LogP contribution in [0.3, 0.4) is 0 Å². The van der Waals surface area contributed by atoms with E-state index in [1.807, 2.05) is 44.1 Å². The standard InChI is InChI=1S/C23H30F3N3O3/c1-14-7-9-16(32-14)13-29-20(12-19(28(29)5)22(2,3)4)27-21(30)17-11-15(23(24,25)26)8-10-18(17)31-6/h8,10-12,14,16H,7,9,13H2,1-6H3/t14-,16?/m1/s1. The van der Waals surface area contributed by atoms with Crippen molar-refractivity contribution in [2.24, 2.45) is 12.0 Å². The summed E-state index contributed by atoms with van der Waals surface area (Å²) >= 11 is 0. The average molecular weight is 454 g/mol. The Morgan fingerprint density at radius 2 is 1.91 bits per heavy atom. The van der Waals surface area contributed by atoms with Gasteiger partial charge in [-0.05, 0) is 38.0 Å². The molecule has 1 aromatic heterocycles. The van der Waals surface area contributed by atoms with Gasteiger partial charge in [-0.1, -0.05) is 20.8 Å². The maximum absolute atomic E-state index is 13.2. The number of hydrogen-bond acceptors (Lipinski definition) is 3. The number of amides is 1. The van der Waals surface area contributed by atoms with Gasteiger partial charge in [-0.3, -0.25) is 14.2 Å². The molecule has 32 heavy (non-hydrogen) atoms. The summed E-state index contributed by atoms with van der Waals surface area (Å²) in [5.74, 6) is -0.758. The first-order valence-corrected chi connectivity index (χ1v) is 10.6. The molecule has 3 rings (SSSR count). The average Bonchev–Trinajstić information content (AvgIpc) is 3.24. The van der Waals surface area contributed by atoms with Gasteiger partial charge in [-0.2, -0.15) is 18.2 Å². The van der Waals surface area contributed by atoms with Crippen molar-refractivity contribution < 1.29 is 27.4 Å². The zero-order valence-corrected chi connectivity index (χ0v) is 19.3. The van der Waals surface area contributed by atoms with Crippen LogP contribution in [0.5, 0.6) is 5.75 Å². The Morgan fingerprint density at radius 3 is 2.44 bits per heavy atom. The molecule has 1 saturated heterocycles. The maximum atomic E-state index is 13.2. The molecule has 1 aliphatic heterocycles. The number of alkyl halides is 3. The lowest BCUT2D eigenvalue weighted by Gasteiger charge is -2.22. The lowest BCUT2D eigenvalue weighted by molar-refractivity contribution is -0.137. The fourth-order valence-corrected chi connectivity index (χ4v) is 4.01. The Labute approximate surface area is 185 Å². The second-order valence-electron chi connectivity index (χ2n) is 9.22. The molecule has 0 radical (unpaired) electrons. The van der Waals surface area contributed by atoms with Crippen molar-refractivity contribution >= 4 is 5.91 Å². The van der Waals surface area contributed by atoms with E-state index in [0.29, 0.717) is 12.0 Å². The van der Waals surface area contributed by atoms with Crippen LogP contribution in [0.15, 0.2) is 29.3 Å². The minimum absolute atomic E-state index is 0.0245. The largest absolute Gasteiger partial charge is 0.496 e. The molecule has 0 saturated carbocycles. The van der Waals surface area contributed by atoms with Crippen LogP contribution in [0.4, 0.5) is 13.2 Å². The Morgan fingerprint density at radius 1 is 1.22 bits per heavy atom. The molecule has 0 N–H and O–H groups in total. The summed E-state index contributed by atoms with van der Waals surface area (Å²) in [6.45, 7) is 8.64. The van der Waals surface area contributed by atoms with Crippen LogP contribution in [-0.4, -0.2) is 34.6 Å². The summed E-state index contributed by atoms with van der Waals surface area (Å²) in [6.07, 6.45) is -2.60. The lowest BCUT2D eigenvalue weighted by Crippen LogP contribution is -2.30. The number of benzene rings is 1. The number of methoxy groups -OCH3 is 1. The molecule has 1 amide bonds. The van der Waals surface area contributed by atoms with Gasteiger partial charge in [0, 0.05) is 24.2 Å². The lowest BCUT2D eigenvalue weighted by atomic mass is 9.92. The van der Waals surface area contributed by atoms with E-state index < -0.39 is 17.6 Å². The first-order chi connectivity index (χ1) is 14.8. The molecule has 0 spiro atoms. The quantitative estimate of drug-likeness (QED) is 0.687. The van der Waals surface area contributed by atoms with Crippen molar-refractivity contribution in [3.8, 4) is 5.75 Å². The molecule has 1 aromatic carbocycles. The number of ether oxygens (including phenoxy) is 2.